The van der Waals surface area contributed by atoms with E-state index in [1.807, 2.05) is 6.20 Å². The molecular weight excluding hydrogens is 236 g/mol. The van der Waals surface area contributed by atoms with Crippen molar-refractivity contribution in [2.45, 2.75) is 32.2 Å². The van der Waals surface area contributed by atoms with Gasteiger partial charge in [-0.05, 0) is 43.9 Å². The molecule has 0 amide bonds. The van der Waals surface area contributed by atoms with Crippen LogP contribution >= 0.6 is 0 Å². The molecule has 0 aromatic carbocycles. The summed E-state index contributed by atoms with van der Waals surface area (Å²) in [5.41, 5.74) is 8.13. The number of pyridine rings is 1. The fourth-order valence-corrected chi connectivity index (χ4v) is 3.00. The topological polar surface area (TPSA) is 45.4 Å². The van der Waals surface area contributed by atoms with Crippen molar-refractivity contribution in [1.29, 1.82) is 0 Å². The number of piperazine rings is 1. The molecule has 1 aliphatic heterocycles. The SMILES string of the molecule is Cc1cc(CCN)cnc1N1CCN(C2CC2)CC1. The lowest BCUT2D eigenvalue weighted by Crippen LogP contribution is -2.47. The van der Waals surface area contributed by atoms with Crippen molar-refractivity contribution in [2.24, 2.45) is 5.73 Å². The molecule has 1 aliphatic carbocycles. The van der Waals surface area contributed by atoms with E-state index in [0.717, 1.165) is 31.4 Å². The molecule has 2 aliphatic rings. The molecule has 2 N–H and O–H groups in total. The number of hydrogen-bond acceptors (Lipinski definition) is 4. The third-order valence-corrected chi connectivity index (χ3v) is 4.22. The maximum Gasteiger partial charge on any atom is 0.131 e. The molecule has 1 aromatic heterocycles. The smallest absolute Gasteiger partial charge is 0.131 e. The van der Waals surface area contributed by atoms with Crippen molar-refractivity contribution in [3.63, 3.8) is 0 Å². The number of nitrogens with two attached hydrogens (primary N) is 1. The van der Waals surface area contributed by atoms with Gasteiger partial charge in [-0.3, -0.25) is 4.90 Å². The van der Waals surface area contributed by atoms with Crippen molar-refractivity contribution in [3.05, 3.63) is 23.4 Å². The summed E-state index contributed by atoms with van der Waals surface area (Å²) in [6, 6.07) is 3.13. The van der Waals surface area contributed by atoms with Crippen molar-refractivity contribution in [3.8, 4) is 0 Å². The predicted octanol–water partition coefficient (Wildman–Crippen LogP) is 1.18. The summed E-state index contributed by atoms with van der Waals surface area (Å²) >= 11 is 0. The molecule has 19 heavy (non-hydrogen) atoms. The van der Waals surface area contributed by atoms with E-state index in [1.54, 1.807) is 0 Å². The fraction of sp³-hybridized carbons (Fsp3) is 0.667. The second-order valence-electron chi connectivity index (χ2n) is 5.78. The van der Waals surface area contributed by atoms with Gasteiger partial charge in [0.1, 0.15) is 5.82 Å². The number of rotatable bonds is 4. The number of hydrogen-bond donors (Lipinski definition) is 1. The van der Waals surface area contributed by atoms with Crippen LogP contribution in [0.15, 0.2) is 12.3 Å². The summed E-state index contributed by atoms with van der Waals surface area (Å²) in [7, 11) is 0. The van der Waals surface area contributed by atoms with Gasteiger partial charge in [-0.2, -0.15) is 0 Å². The summed E-state index contributed by atoms with van der Waals surface area (Å²) in [5, 5.41) is 0. The zero-order valence-electron chi connectivity index (χ0n) is 11.8. The highest BCUT2D eigenvalue weighted by Gasteiger charge is 2.31. The van der Waals surface area contributed by atoms with Crippen LogP contribution in [0, 0.1) is 6.92 Å². The summed E-state index contributed by atoms with van der Waals surface area (Å²) in [6.45, 7) is 7.46. The van der Waals surface area contributed by atoms with Crippen LogP contribution in [-0.4, -0.2) is 48.6 Å². The highest BCUT2D eigenvalue weighted by atomic mass is 15.3. The van der Waals surface area contributed by atoms with Crippen molar-refractivity contribution >= 4 is 5.82 Å². The van der Waals surface area contributed by atoms with Crippen LogP contribution in [0.4, 0.5) is 5.82 Å². The van der Waals surface area contributed by atoms with Gasteiger partial charge in [-0.25, -0.2) is 4.98 Å². The minimum absolute atomic E-state index is 0.695. The lowest BCUT2D eigenvalue weighted by Gasteiger charge is -2.36. The second kappa shape index (κ2) is 5.47. The Bertz CT molecular complexity index is 434. The van der Waals surface area contributed by atoms with Crippen molar-refractivity contribution < 1.29 is 0 Å². The Hall–Kier alpha value is -1.13. The average Bonchev–Trinajstić information content (AvgIpc) is 3.24. The third-order valence-electron chi connectivity index (χ3n) is 4.22. The Morgan fingerprint density at radius 2 is 2.00 bits per heavy atom. The van der Waals surface area contributed by atoms with Crippen molar-refractivity contribution in [2.75, 3.05) is 37.6 Å². The van der Waals surface area contributed by atoms with Crippen molar-refractivity contribution in [1.82, 2.24) is 9.88 Å². The third kappa shape index (κ3) is 2.90. The lowest BCUT2D eigenvalue weighted by molar-refractivity contribution is 0.247. The van der Waals surface area contributed by atoms with Gasteiger partial charge in [-0.1, -0.05) is 6.07 Å². The first-order valence-electron chi connectivity index (χ1n) is 7.42. The number of aryl methyl sites for hydroxylation is 1. The molecule has 4 nitrogen and oxygen atoms in total. The van der Waals surface area contributed by atoms with Crippen LogP contribution in [0.1, 0.15) is 24.0 Å². The van der Waals surface area contributed by atoms with E-state index < -0.39 is 0 Å². The van der Waals surface area contributed by atoms with E-state index in [4.69, 9.17) is 5.73 Å². The molecule has 104 valence electrons. The number of aromatic nitrogens is 1. The average molecular weight is 260 g/mol. The minimum Gasteiger partial charge on any atom is -0.354 e. The Labute approximate surface area is 115 Å². The van der Waals surface area contributed by atoms with Gasteiger partial charge in [0.25, 0.3) is 0 Å². The highest BCUT2D eigenvalue weighted by molar-refractivity contribution is 5.47. The molecule has 0 bridgehead atoms. The fourth-order valence-electron chi connectivity index (χ4n) is 3.00. The second-order valence-corrected chi connectivity index (χ2v) is 5.78. The van der Waals surface area contributed by atoms with Gasteiger partial charge >= 0.3 is 0 Å². The Kier molecular flexibility index (Phi) is 3.71. The largest absolute Gasteiger partial charge is 0.354 e. The zero-order chi connectivity index (χ0) is 13.2. The van der Waals surface area contributed by atoms with Crippen LogP contribution in [-0.2, 0) is 6.42 Å². The van der Waals surface area contributed by atoms with E-state index in [9.17, 15) is 0 Å². The molecule has 1 saturated heterocycles. The Morgan fingerprint density at radius 3 is 2.58 bits per heavy atom. The maximum atomic E-state index is 5.60. The molecule has 4 heteroatoms. The van der Waals surface area contributed by atoms with Gasteiger partial charge in [0.2, 0.25) is 0 Å². The number of anilines is 1. The van der Waals surface area contributed by atoms with E-state index >= 15 is 0 Å². The first kappa shape index (κ1) is 12.9. The Balaban J connectivity index is 1.65. The van der Waals surface area contributed by atoms with Gasteiger partial charge < -0.3 is 10.6 Å². The van der Waals surface area contributed by atoms with Gasteiger partial charge in [0, 0.05) is 38.4 Å². The maximum absolute atomic E-state index is 5.60. The molecule has 3 rings (SSSR count). The summed E-state index contributed by atoms with van der Waals surface area (Å²) in [6.07, 6.45) is 5.72. The van der Waals surface area contributed by atoms with E-state index in [0.29, 0.717) is 6.54 Å². The molecule has 0 spiro atoms. The molecule has 1 aromatic rings. The van der Waals surface area contributed by atoms with Gasteiger partial charge in [-0.15, -0.1) is 0 Å². The van der Waals surface area contributed by atoms with Gasteiger partial charge in [0.15, 0.2) is 0 Å². The first-order chi connectivity index (χ1) is 9.28. The lowest BCUT2D eigenvalue weighted by atomic mass is 10.1. The zero-order valence-corrected chi connectivity index (χ0v) is 11.8. The molecule has 0 radical (unpaired) electrons. The van der Waals surface area contributed by atoms with Crippen LogP contribution in [0.2, 0.25) is 0 Å². The van der Waals surface area contributed by atoms with Crippen LogP contribution in [0.25, 0.3) is 0 Å². The molecule has 2 fully saturated rings. The van der Waals surface area contributed by atoms with Crippen LogP contribution in [0.3, 0.4) is 0 Å². The van der Waals surface area contributed by atoms with E-state index in [2.05, 4.69) is 27.8 Å². The minimum atomic E-state index is 0.695. The first-order valence-corrected chi connectivity index (χ1v) is 7.42. The summed E-state index contributed by atoms with van der Waals surface area (Å²) in [5.74, 6) is 1.16. The van der Waals surface area contributed by atoms with Crippen LogP contribution in [0.5, 0.6) is 0 Å². The molecule has 0 unspecified atom stereocenters. The molecule has 0 atom stereocenters. The van der Waals surface area contributed by atoms with Gasteiger partial charge in [0.05, 0.1) is 0 Å². The molecule has 1 saturated carbocycles. The monoisotopic (exact) mass is 260 g/mol. The van der Waals surface area contributed by atoms with E-state index in [-0.39, 0.29) is 0 Å². The number of nitrogens with zero attached hydrogens (tertiary/aromatic N) is 3. The quantitative estimate of drug-likeness (QED) is 0.883. The normalized spacial score (nSPS) is 20.8. The summed E-state index contributed by atoms with van der Waals surface area (Å²) in [4.78, 5) is 9.72. The van der Waals surface area contributed by atoms with Crippen LogP contribution < -0.4 is 10.6 Å². The molecule has 2 heterocycles. The Morgan fingerprint density at radius 1 is 1.26 bits per heavy atom. The predicted molar refractivity (Wildman–Crippen MR) is 78.5 cm³/mol. The standard InChI is InChI=1S/C15H24N4/c1-12-10-13(4-5-16)11-17-15(12)19-8-6-18(7-9-19)14-2-3-14/h10-11,14H,2-9,16H2,1H3. The highest BCUT2D eigenvalue weighted by Crippen LogP contribution is 2.28. The molecular formula is C15H24N4. The van der Waals surface area contributed by atoms with E-state index in [1.165, 1.54) is 37.1 Å². The summed E-state index contributed by atoms with van der Waals surface area (Å²) < 4.78 is 0.